The number of amides is 1. The van der Waals surface area contributed by atoms with Gasteiger partial charge in [-0.3, -0.25) is 9.78 Å². The van der Waals surface area contributed by atoms with Crippen LogP contribution in [-0.4, -0.2) is 49.6 Å². The Morgan fingerprint density at radius 3 is 2.81 bits per heavy atom. The van der Waals surface area contributed by atoms with Gasteiger partial charge in [-0.15, -0.1) is 0 Å². The molecule has 0 unspecified atom stereocenters. The van der Waals surface area contributed by atoms with Gasteiger partial charge in [0.1, 0.15) is 12.4 Å². The molecule has 2 heterocycles. The number of hydrogen-bond donors (Lipinski definition) is 0. The molecule has 5 heteroatoms. The van der Waals surface area contributed by atoms with Gasteiger partial charge in [0.15, 0.2) is 0 Å². The van der Waals surface area contributed by atoms with Crippen LogP contribution in [0.3, 0.4) is 0 Å². The van der Waals surface area contributed by atoms with Gasteiger partial charge in [-0.25, -0.2) is 0 Å². The van der Waals surface area contributed by atoms with E-state index in [0.717, 1.165) is 48.5 Å². The first-order valence-electron chi connectivity index (χ1n) is 9.24. The second kappa shape index (κ2) is 8.32. The average molecular weight is 353 g/mol. The second-order valence-corrected chi connectivity index (χ2v) is 6.86. The molecule has 0 spiro atoms. The topological polar surface area (TPSA) is 45.7 Å². The van der Waals surface area contributed by atoms with Gasteiger partial charge in [0.25, 0.3) is 0 Å². The van der Waals surface area contributed by atoms with Crippen molar-refractivity contribution in [3.8, 4) is 16.9 Å². The predicted molar refractivity (Wildman–Crippen MR) is 105 cm³/mol. The highest BCUT2D eigenvalue weighted by Gasteiger charge is 2.21. The van der Waals surface area contributed by atoms with Gasteiger partial charge >= 0.3 is 0 Å². The summed E-state index contributed by atoms with van der Waals surface area (Å²) in [7, 11) is 3.95. The number of pyridine rings is 1. The summed E-state index contributed by atoms with van der Waals surface area (Å²) in [5.41, 5.74) is 4.35. The van der Waals surface area contributed by atoms with Gasteiger partial charge in [-0.1, -0.05) is 13.0 Å². The first-order valence-corrected chi connectivity index (χ1v) is 9.24. The van der Waals surface area contributed by atoms with Crippen LogP contribution < -0.4 is 9.64 Å². The lowest BCUT2D eigenvalue weighted by atomic mass is 9.97. The summed E-state index contributed by atoms with van der Waals surface area (Å²) < 4.78 is 5.87. The summed E-state index contributed by atoms with van der Waals surface area (Å²) in [5.74, 6) is 0.966. The van der Waals surface area contributed by atoms with E-state index in [1.165, 1.54) is 5.56 Å². The van der Waals surface area contributed by atoms with Crippen molar-refractivity contribution in [3.63, 3.8) is 0 Å². The van der Waals surface area contributed by atoms with Crippen LogP contribution in [-0.2, 0) is 11.2 Å². The van der Waals surface area contributed by atoms with Crippen LogP contribution in [0.1, 0.15) is 25.3 Å². The Bertz CT molecular complexity index is 776. The molecule has 0 fully saturated rings. The smallest absolute Gasteiger partial charge is 0.227 e. The van der Waals surface area contributed by atoms with Crippen LogP contribution in [0, 0.1) is 0 Å². The molecule has 1 aromatic heterocycles. The first-order chi connectivity index (χ1) is 12.6. The molecule has 0 saturated heterocycles. The Morgan fingerprint density at radius 2 is 2.00 bits per heavy atom. The number of likely N-dealkylation sites (N-methyl/N-ethyl adjacent to an activating group) is 1. The maximum Gasteiger partial charge on any atom is 0.227 e. The minimum absolute atomic E-state index is 0.176. The maximum atomic E-state index is 11.8. The number of carbonyl (C=O) groups is 1. The summed E-state index contributed by atoms with van der Waals surface area (Å²) in [6, 6.07) is 8.26. The third kappa shape index (κ3) is 4.22. The van der Waals surface area contributed by atoms with Crippen molar-refractivity contribution in [3.05, 3.63) is 42.2 Å². The van der Waals surface area contributed by atoms with Crippen LogP contribution in [0.25, 0.3) is 11.1 Å². The molecule has 1 amide bonds. The zero-order valence-electron chi connectivity index (χ0n) is 15.9. The van der Waals surface area contributed by atoms with Crippen molar-refractivity contribution in [2.75, 3.05) is 38.7 Å². The van der Waals surface area contributed by atoms with Crippen LogP contribution in [0.5, 0.6) is 5.75 Å². The molecule has 5 nitrogen and oxygen atoms in total. The van der Waals surface area contributed by atoms with E-state index >= 15 is 0 Å². The van der Waals surface area contributed by atoms with Gasteiger partial charge in [-0.05, 0) is 55.8 Å². The number of anilines is 1. The quantitative estimate of drug-likeness (QED) is 0.765. The fourth-order valence-corrected chi connectivity index (χ4v) is 3.30. The Hall–Kier alpha value is -2.40. The number of rotatable bonds is 7. The Morgan fingerprint density at radius 1 is 1.15 bits per heavy atom. The highest BCUT2D eigenvalue weighted by atomic mass is 16.5. The van der Waals surface area contributed by atoms with Crippen molar-refractivity contribution in [2.24, 2.45) is 0 Å². The van der Waals surface area contributed by atoms with Gasteiger partial charge in [0, 0.05) is 37.5 Å². The Kier molecular flexibility index (Phi) is 5.89. The number of nitrogens with zero attached hydrogens (tertiary/aromatic N) is 3. The third-order valence-corrected chi connectivity index (χ3v) is 4.82. The van der Waals surface area contributed by atoms with E-state index in [9.17, 15) is 4.79 Å². The van der Waals surface area contributed by atoms with Crippen molar-refractivity contribution in [1.29, 1.82) is 0 Å². The molecule has 2 aromatic rings. The maximum absolute atomic E-state index is 11.8. The predicted octanol–water partition coefficient (Wildman–Crippen LogP) is 3.38. The van der Waals surface area contributed by atoms with E-state index in [0.29, 0.717) is 13.0 Å². The molecule has 0 saturated carbocycles. The molecule has 138 valence electrons. The molecule has 26 heavy (non-hydrogen) atoms. The highest BCUT2D eigenvalue weighted by molar-refractivity contribution is 5.96. The lowest BCUT2D eigenvalue weighted by molar-refractivity contribution is -0.118. The van der Waals surface area contributed by atoms with Crippen molar-refractivity contribution < 1.29 is 9.53 Å². The summed E-state index contributed by atoms with van der Waals surface area (Å²) in [6.07, 6.45) is 6.12. The molecule has 1 aromatic carbocycles. The van der Waals surface area contributed by atoms with E-state index in [1.54, 1.807) is 11.1 Å². The molecule has 0 bridgehead atoms. The molecule has 1 aliphatic rings. The molecule has 0 atom stereocenters. The Balaban J connectivity index is 1.71. The zero-order valence-corrected chi connectivity index (χ0v) is 15.9. The van der Waals surface area contributed by atoms with E-state index in [-0.39, 0.29) is 5.91 Å². The Labute approximate surface area is 155 Å². The number of benzene rings is 1. The zero-order chi connectivity index (χ0) is 18.5. The third-order valence-electron chi connectivity index (χ3n) is 4.82. The number of aromatic nitrogens is 1. The second-order valence-electron chi connectivity index (χ2n) is 6.86. The van der Waals surface area contributed by atoms with E-state index < -0.39 is 0 Å². The summed E-state index contributed by atoms with van der Waals surface area (Å²) in [5, 5.41) is 0. The van der Waals surface area contributed by atoms with Crippen molar-refractivity contribution in [2.45, 2.75) is 26.2 Å². The van der Waals surface area contributed by atoms with Crippen LogP contribution in [0.2, 0.25) is 0 Å². The summed E-state index contributed by atoms with van der Waals surface area (Å²) in [4.78, 5) is 20.2. The number of carbonyl (C=O) groups excluding carboxylic acids is 1. The van der Waals surface area contributed by atoms with E-state index in [4.69, 9.17) is 4.74 Å². The standard InChI is InChI=1S/C21H27N3O2/c1-4-9-23(2)10-11-26-19-13-18(14-22-15-19)16-5-7-20-17(12-16)6-8-21(25)24(20)3/h5,7,12-15H,4,6,8-11H2,1-3H3. The molecule has 0 radical (unpaired) electrons. The van der Waals surface area contributed by atoms with E-state index in [1.807, 2.05) is 31.4 Å². The minimum Gasteiger partial charge on any atom is -0.491 e. The van der Waals surface area contributed by atoms with Crippen molar-refractivity contribution in [1.82, 2.24) is 9.88 Å². The number of hydrogen-bond acceptors (Lipinski definition) is 4. The number of ether oxygens (including phenoxy) is 1. The molecular formula is C21H27N3O2. The first kappa shape index (κ1) is 18.4. The largest absolute Gasteiger partial charge is 0.491 e. The van der Waals surface area contributed by atoms with Gasteiger partial charge in [0.2, 0.25) is 5.91 Å². The summed E-state index contributed by atoms with van der Waals surface area (Å²) >= 11 is 0. The van der Waals surface area contributed by atoms with Crippen LogP contribution in [0.4, 0.5) is 5.69 Å². The van der Waals surface area contributed by atoms with Crippen LogP contribution in [0.15, 0.2) is 36.7 Å². The number of fused-ring (bicyclic) bond motifs is 1. The minimum atomic E-state index is 0.176. The molecule has 1 aliphatic heterocycles. The number of aryl methyl sites for hydroxylation is 1. The highest BCUT2D eigenvalue weighted by Crippen LogP contribution is 2.32. The molecule has 0 aliphatic carbocycles. The van der Waals surface area contributed by atoms with E-state index in [2.05, 4.69) is 29.9 Å². The molecule has 3 rings (SSSR count). The summed E-state index contributed by atoms with van der Waals surface area (Å²) in [6.45, 7) is 4.81. The molecular weight excluding hydrogens is 326 g/mol. The normalized spacial score (nSPS) is 13.8. The lowest BCUT2D eigenvalue weighted by Gasteiger charge is -2.26. The van der Waals surface area contributed by atoms with Crippen LogP contribution >= 0.6 is 0 Å². The lowest BCUT2D eigenvalue weighted by Crippen LogP contribution is -2.30. The van der Waals surface area contributed by atoms with Gasteiger partial charge in [0.05, 0.1) is 6.20 Å². The van der Waals surface area contributed by atoms with Gasteiger partial charge < -0.3 is 14.5 Å². The fourth-order valence-electron chi connectivity index (χ4n) is 3.30. The van der Waals surface area contributed by atoms with Crippen molar-refractivity contribution >= 4 is 11.6 Å². The van der Waals surface area contributed by atoms with Gasteiger partial charge in [-0.2, -0.15) is 0 Å². The fraction of sp³-hybridized carbons (Fsp3) is 0.429. The monoisotopic (exact) mass is 353 g/mol. The average Bonchev–Trinajstić information content (AvgIpc) is 2.65. The molecule has 0 N–H and O–H groups in total. The SMILES string of the molecule is CCCN(C)CCOc1cncc(-c2ccc3c(c2)CCC(=O)N3C)c1.